The number of ether oxygens (including phenoxy) is 1. The molecule has 0 aromatic heterocycles. The minimum absolute atomic E-state index is 0.0832. The van der Waals surface area contributed by atoms with Crippen molar-refractivity contribution < 1.29 is 19.1 Å². The predicted octanol–water partition coefficient (Wildman–Crippen LogP) is 6.83. The molecular formula is C40H35N3O4. The van der Waals surface area contributed by atoms with Crippen LogP contribution in [0.1, 0.15) is 53.1 Å². The minimum Gasteiger partial charge on any atom is -0.449 e. The fourth-order valence-electron chi connectivity index (χ4n) is 7.77. The van der Waals surface area contributed by atoms with E-state index >= 15 is 0 Å². The zero-order chi connectivity index (χ0) is 32.1. The van der Waals surface area contributed by atoms with Crippen LogP contribution < -0.4 is 15.5 Å². The van der Waals surface area contributed by atoms with Crippen molar-refractivity contribution in [3.8, 4) is 11.1 Å². The van der Waals surface area contributed by atoms with E-state index in [-0.39, 0.29) is 30.4 Å². The van der Waals surface area contributed by atoms with Crippen molar-refractivity contribution in [1.82, 2.24) is 10.6 Å². The number of nitrogens with zero attached hydrogens (tertiary/aromatic N) is 1. The van der Waals surface area contributed by atoms with E-state index in [1.165, 1.54) is 0 Å². The molecule has 3 atom stereocenters. The number of aryl methyl sites for hydroxylation is 1. The zero-order valence-electron chi connectivity index (χ0n) is 26.1. The lowest BCUT2D eigenvalue weighted by Gasteiger charge is -2.29. The van der Waals surface area contributed by atoms with Crippen LogP contribution in [-0.2, 0) is 27.2 Å². The van der Waals surface area contributed by atoms with E-state index < -0.39 is 18.2 Å². The van der Waals surface area contributed by atoms with E-state index in [4.69, 9.17) is 4.74 Å². The molecule has 2 aliphatic heterocycles. The normalized spacial score (nSPS) is 18.6. The van der Waals surface area contributed by atoms with Gasteiger partial charge in [-0.15, -0.1) is 0 Å². The van der Waals surface area contributed by atoms with Gasteiger partial charge in [-0.05, 0) is 69.5 Å². The maximum atomic E-state index is 14.2. The van der Waals surface area contributed by atoms with Gasteiger partial charge in [0.1, 0.15) is 18.7 Å². The van der Waals surface area contributed by atoms with Crippen molar-refractivity contribution in [3.63, 3.8) is 0 Å². The smallest absolute Gasteiger partial charge is 0.407 e. The topological polar surface area (TPSA) is 87.7 Å². The molecule has 0 saturated heterocycles. The number of para-hydroxylation sites is 1. The van der Waals surface area contributed by atoms with Crippen molar-refractivity contribution in [1.29, 1.82) is 0 Å². The molecule has 8 rings (SSSR count). The van der Waals surface area contributed by atoms with Gasteiger partial charge >= 0.3 is 6.09 Å². The summed E-state index contributed by atoms with van der Waals surface area (Å²) in [6.45, 7) is 2.13. The average molecular weight is 622 g/mol. The number of amides is 3. The highest BCUT2D eigenvalue weighted by Crippen LogP contribution is 2.44. The van der Waals surface area contributed by atoms with Crippen molar-refractivity contribution >= 4 is 34.4 Å². The first-order valence-electron chi connectivity index (χ1n) is 16.3. The third kappa shape index (κ3) is 5.03. The SMILES string of the molecule is CC(NC(=O)C1Cc2cccc3c2N1C(=O)C(NC(=O)OCC1c2ccccc2-c2ccccc21)CC3)c1cccc2ccccc12. The van der Waals surface area contributed by atoms with Crippen LogP contribution >= 0.6 is 0 Å². The van der Waals surface area contributed by atoms with Gasteiger partial charge in [-0.2, -0.15) is 0 Å². The van der Waals surface area contributed by atoms with E-state index in [2.05, 4.69) is 53.1 Å². The Bertz CT molecular complexity index is 2000. The second-order valence-corrected chi connectivity index (χ2v) is 12.7. The molecular weight excluding hydrogens is 586 g/mol. The van der Waals surface area contributed by atoms with E-state index in [0.29, 0.717) is 19.3 Å². The van der Waals surface area contributed by atoms with Crippen molar-refractivity contribution in [3.05, 3.63) is 137 Å². The Kier molecular flexibility index (Phi) is 7.24. The largest absolute Gasteiger partial charge is 0.449 e. The Morgan fingerprint density at radius 2 is 1.49 bits per heavy atom. The molecule has 5 aromatic rings. The van der Waals surface area contributed by atoms with Crippen LogP contribution in [0.25, 0.3) is 21.9 Å². The van der Waals surface area contributed by atoms with Gasteiger partial charge in [-0.25, -0.2) is 4.79 Å². The molecule has 2 heterocycles. The molecule has 5 aromatic carbocycles. The molecule has 0 bridgehead atoms. The second kappa shape index (κ2) is 11.7. The quantitative estimate of drug-likeness (QED) is 0.218. The molecule has 1 aliphatic carbocycles. The summed E-state index contributed by atoms with van der Waals surface area (Å²) in [6.07, 6.45) is 0.791. The molecule has 0 fully saturated rings. The number of nitrogens with one attached hydrogen (secondary N) is 2. The van der Waals surface area contributed by atoms with E-state index in [0.717, 1.165) is 55.4 Å². The maximum Gasteiger partial charge on any atom is 0.407 e. The molecule has 0 spiro atoms. The van der Waals surface area contributed by atoms with Gasteiger partial charge in [-0.1, -0.05) is 109 Å². The van der Waals surface area contributed by atoms with Crippen LogP contribution in [0.2, 0.25) is 0 Å². The Balaban J connectivity index is 0.997. The number of fused-ring (bicyclic) bond motifs is 4. The fourth-order valence-corrected chi connectivity index (χ4v) is 7.77. The van der Waals surface area contributed by atoms with Gasteiger partial charge in [0, 0.05) is 12.3 Å². The molecule has 47 heavy (non-hydrogen) atoms. The molecule has 3 amide bonds. The van der Waals surface area contributed by atoms with E-state index in [9.17, 15) is 14.4 Å². The third-order valence-electron chi connectivity index (χ3n) is 9.99. The predicted molar refractivity (Wildman–Crippen MR) is 182 cm³/mol. The number of carbonyl (C=O) groups excluding carboxylic acids is 3. The van der Waals surface area contributed by atoms with Gasteiger partial charge in [-0.3, -0.25) is 14.5 Å². The van der Waals surface area contributed by atoms with Gasteiger partial charge in [0.05, 0.1) is 11.7 Å². The van der Waals surface area contributed by atoms with Gasteiger partial charge in [0.2, 0.25) is 11.8 Å². The van der Waals surface area contributed by atoms with E-state index in [1.807, 2.05) is 73.7 Å². The van der Waals surface area contributed by atoms with Crippen molar-refractivity contribution in [2.24, 2.45) is 0 Å². The maximum absolute atomic E-state index is 14.2. The summed E-state index contributed by atoms with van der Waals surface area (Å²) >= 11 is 0. The van der Waals surface area contributed by atoms with Crippen molar-refractivity contribution in [2.45, 2.75) is 50.2 Å². The average Bonchev–Trinajstić information content (AvgIpc) is 3.61. The number of rotatable bonds is 6. The highest BCUT2D eigenvalue weighted by atomic mass is 16.5. The fraction of sp³-hybridized carbons (Fsp3) is 0.225. The Morgan fingerprint density at radius 1 is 0.830 bits per heavy atom. The second-order valence-electron chi connectivity index (χ2n) is 12.7. The zero-order valence-corrected chi connectivity index (χ0v) is 26.1. The van der Waals surface area contributed by atoms with Crippen LogP contribution in [0.5, 0.6) is 0 Å². The van der Waals surface area contributed by atoms with Crippen LogP contribution in [-0.4, -0.2) is 36.6 Å². The van der Waals surface area contributed by atoms with Crippen LogP contribution in [0.3, 0.4) is 0 Å². The van der Waals surface area contributed by atoms with Crippen LogP contribution in [0.4, 0.5) is 10.5 Å². The number of carbonyl (C=O) groups is 3. The summed E-state index contributed by atoms with van der Waals surface area (Å²) < 4.78 is 5.80. The number of alkyl carbamates (subject to hydrolysis) is 1. The van der Waals surface area contributed by atoms with Crippen molar-refractivity contribution in [2.75, 3.05) is 11.5 Å². The highest BCUT2D eigenvalue weighted by molar-refractivity contribution is 6.07. The molecule has 234 valence electrons. The Morgan fingerprint density at radius 3 is 2.28 bits per heavy atom. The van der Waals surface area contributed by atoms with Gasteiger partial charge < -0.3 is 15.4 Å². The molecule has 3 unspecified atom stereocenters. The summed E-state index contributed by atoms with van der Waals surface area (Å²) in [5.41, 5.74) is 8.34. The summed E-state index contributed by atoms with van der Waals surface area (Å²) in [4.78, 5) is 43.1. The highest BCUT2D eigenvalue weighted by Gasteiger charge is 2.44. The Hall–Kier alpha value is -5.43. The molecule has 3 aliphatic rings. The Labute approximate surface area is 273 Å². The van der Waals surface area contributed by atoms with Gasteiger partial charge in [0.25, 0.3) is 0 Å². The summed E-state index contributed by atoms with van der Waals surface area (Å²) in [5, 5.41) is 8.24. The lowest BCUT2D eigenvalue weighted by Crippen LogP contribution is -2.54. The standard InChI is InChI=1S/C40H35N3O4/c1-24(28-19-9-11-25-10-2-3-14-29(25)28)41-38(44)36-22-27-13-8-12-26-20-21-35(39(45)43(36)37(26)27)42-40(46)47-23-34-32-17-6-4-15-30(32)31-16-5-7-18-33(31)34/h2-19,24,34-36H,20-23H2,1H3,(H,41,44)(H,42,46). The minimum atomic E-state index is -0.824. The number of anilines is 1. The first kappa shape index (κ1) is 29.0. The molecule has 0 radical (unpaired) electrons. The number of hydrogen-bond acceptors (Lipinski definition) is 4. The first-order valence-corrected chi connectivity index (χ1v) is 16.3. The molecule has 7 heteroatoms. The first-order chi connectivity index (χ1) is 23.0. The van der Waals surface area contributed by atoms with Crippen LogP contribution in [0.15, 0.2) is 109 Å². The monoisotopic (exact) mass is 621 g/mol. The summed E-state index contributed by atoms with van der Waals surface area (Å²) in [6, 6.07) is 34.7. The lowest BCUT2D eigenvalue weighted by molar-refractivity contribution is -0.127. The summed E-state index contributed by atoms with van der Waals surface area (Å²) in [5.74, 6) is -0.594. The molecule has 2 N–H and O–H groups in total. The van der Waals surface area contributed by atoms with Crippen LogP contribution in [0, 0.1) is 0 Å². The lowest BCUT2D eigenvalue weighted by atomic mass is 9.98. The van der Waals surface area contributed by atoms with Gasteiger partial charge in [0.15, 0.2) is 0 Å². The molecule has 0 saturated carbocycles. The van der Waals surface area contributed by atoms with E-state index in [1.54, 1.807) is 4.90 Å². The third-order valence-corrected chi connectivity index (χ3v) is 9.99. The molecule has 7 nitrogen and oxygen atoms in total. The number of benzene rings is 5. The number of hydrogen-bond donors (Lipinski definition) is 2. The summed E-state index contributed by atoms with van der Waals surface area (Å²) in [7, 11) is 0.